The van der Waals surface area contributed by atoms with Crippen LogP contribution in [0.2, 0.25) is 0 Å². The van der Waals surface area contributed by atoms with Crippen molar-refractivity contribution in [3.8, 4) is 11.5 Å². The molecule has 0 saturated heterocycles. The lowest BCUT2D eigenvalue weighted by Gasteiger charge is -2.16. The minimum Gasteiger partial charge on any atom is -0.496 e. The molecule has 92 valence electrons. The van der Waals surface area contributed by atoms with Crippen LogP contribution in [0.15, 0.2) is 18.7 Å². The van der Waals surface area contributed by atoms with Crippen LogP contribution < -0.4 is 9.47 Å². The number of aliphatic hydroxyl groups is 1. The molecule has 0 spiro atoms. The Balaban J connectivity index is 2.63. The lowest BCUT2D eigenvalue weighted by Crippen LogP contribution is -2.02. The number of benzene rings is 1. The van der Waals surface area contributed by atoms with E-state index in [1.807, 2.05) is 6.07 Å². The van der Waals surface area contributed by atoms with Gasteiger partial charge in [-0.2, -0.15) is 0 Å². The number of methoxy groups -OCH3 is 2. The first kappa shape index (κ1) is 12.0. The predicted molar refractivity (Wildman–Crippen MR) is 63.2 cm³/mol. The summed E-state index contributed by atoms with van der Waals surface area (Å²) in [6.45, 7) is 4.05. The van der Waals surface area contributed by atoms with E-state index in [2.05, 4.69) is 6.58 Å². The summed E-state index contributed by atoms with van der Waals surface area (Å²) in [5.41, 5.74) is 2.45. The lowest BCUT2D eigenvalue weighted by molar-refractivity contribution is -0.0927. The number of fused-ring (bicyclic) bond motifs is 1. The molecule has 0 aromatic heterocycles. The van der Waals surface area contributed by atoms with E-state index >= 15 is 0 Å². The second-order valence-electron chi connectivity index (χ2n) is 3.82. The van der Waals surface area contributed by atoms with E-state index in [-0.39, 0.29) is 0 Å². The fourth-order valence-corrected chi connectivity index (χ4v) is 2.14. The molecule has 17 heavy (non-hydrogen) atoms. The third-order valence-corrected chi connectivity index (χ3v) is 2.88. The average molecular weight is 236 g/mol. The fourth-order valence-electron chi connectivity index (χ4n) is 2.14. The van der Waals surface area contributed by atoms with Crippen molar-refractivity contribution < 1.29 is 19.3 Å². The minimum absolute atomic E-state index is 0.338. The van der Waals surface area contributed by atoms with E-state index in [4.69, 9.17) is 14.2 Å². The van der Waals surface area contributed by atoms with Gasteiger partial charge < -0.3 is 19.3 Å². The van der Waals surface area contributed by atoms with E-state index in [9.17, 15) is 5.11 Å². The highest BCUT2D eigenvalue weighted by atomic mass is 16.6. The van der Waals surface area contributed by atoms with Crippen LogP contribution in [0, 0.1) is 0 Å². The van der Waals surface area contributed by atoms with Crippen molar-refractivity contribution in [2.75, 3.05) is 14.2 Å². The molecule has 0 saturated carbocycles. The van der Waals surface area contributed by atoms with Crippen molar-refractivity contribution in [1.29, 1.82) is 0 Å². The standard InChI is InChI=1S/C13H16O4/c1-4-5-8-6-10(15-2)9-7-17-13(14)11(9)12(8)16-3/h4,6,13-14H,1,5,7H2,2-3H3. The summed E-state index contributed by atoms with van der Waals surface area (Å²) < 4.78 is 15.9. The Morgan fingerprint density at radius 2 is 2.29 bits per heavy atom. The van der Waals surface area contributed by atoms with E-state index in [1.54, 1.807) is 20.3 Å². The number of rotatable bonds is 4. The molecule has 0 aliphatic carbocycles. The van der Waals surface area contributed by atoms with Crippen LogP contribution in [-0.2, 0) is 17.8 Å². The van der Waals surface area contributed by atoms with Crippen molar-refractivity contribution in [3.05, 3.63) is 35.4 Å². The van der Waals surface area contributed by atoms with Crippen LogP contribution >= 0.6 is 0 Å². The molecule has 1 aliphatic rings. The largest absolute Gasteiger partial charge is 0.496 e. The number of hydrogen-bond donors (Lipinski definition) is 1. The summed E-state index contributed by atoms with van der Waals surface area (Å²) in [5.74, 6) is 1.37. The molecular weight excluding hydrogens is 220 g/mol. The van der Waals surface area contributed by atoms with Gasteiger partial charge in [0.1, 0.15) is 11.5 Å². The van der Waals surface area contributed by atoms with E-state index in [0.29, 0.717) is 30.1 Å². The molecule has 0 bridgehead atoms. The summed E-state index contributed by atoms with van der Waals surface area (Å²) in [6.07, 6.45) is 1.49. The zero-order valence-electron chi connectivity index (χ0n) is 10.0. The molecule has 0 amide bonds. The van der Waals surface area contributed by atoms with Crippen molar-refractivity contribution >= 4 is 0 Å². The van der Waals surface area contributed by atoms with Crippen molar-refractivity contribution in [2.45, 2.75) is 19.3 Å². The normalized spacial score (nSPS) is 17.7. The highest BCUT2D eigenvalue weighted by Crippen LogP contribution is 2.43. The molecule has 0 fully saturated rings. The molecule has 1 heterocycles. The van der Waals surface area contributed by atoms with E-state index in [0.717, 1.165) is 11.1 Å². The molecule has 1 aliphatic heterocycles. The van der Waals surface area contributed by atoms with Crippen LogP contribution in [0.4, 0.5) is 0 Å². The number of allylic oxidation sites excluding steroid dienone is 1. The molecule has 1 aromatic carbocycles. The molecular formula is C13H16O4. The number of hydrogen-bond acceptors (Lipinski definition) is 4. The molecule has 1 atom stereocenters. The van der Waals surface area contributed by atoms with Gasteiger partial charge in [0.15, 0.2) is 6.29 Å². The van der Waals surface area contributed by atoms with Gasteiger partial charge in [0, 0.05) is 11.1 Å². The summed E-state index contributed by atoms with van der Waals surface area (Å²) in [6, 6.07) is 1.90. The van der Waals surface area contributed by atoms with Gasteiger partial charge in [-0.1, -0.05) is 6.08 Å². The van der Waals surface area contributed by atoms with Crippen LogP contribution in [0.25, 0.3) is 0 Å². The Bertz CT molecular complexity index is 440. The van der Waals surface area contributed by atoms with Crippen molar-refractivity contribution in [3.63, 3.8) is 0 Å². The van der Waals surface area contributed by atoms with Crippen molar-refractivity contribution in [1.82, 2.24) is 0 Å². The summed E-state index contributed by atoms with van der Waals surface area (Å²) in [7, 11) is 3.18. The third-order valence-electron chi connectivity index (χ3n) is 2.88. The zero-order chi connectivity index (χ0) is 12.4. The predicted octanol–water partition coefficient (Wildman–Crippen LogP) is 1.95. The van der Waals surface area contributed by atoms with Crippen molar-refractivity contribution in [2.24, 2.45) is 0 Å². The van der Waals surface area contributed by atoms with E-state index < -0.39 is 6.29 Å². The quantitative estimate of drug-likeness (QED) is 0.812. The summed E-state index contributed by atoms with van der Waals surface area (Å²) in [4.78, 5) is 0. The van der Waals surface area contributed by atoms with Crippen LogP contribution in [0.5, 0.6) is 11.5 Å². The first-order valence-electron chi connectivity index (χ1n) is 5.40. The highest BCUT2D eigenvalue weighted by Gasteiger charge is 2.30. The van der Waals surface area contributed by atoms with Gasteiger partial charge in [0.05, 0.1) is 26.4 Å². The summed E-state index contributed by atoms with van der Waals surface area (Å²) in [5, 5.41) is 9.82. The Hall–Kier alpha value is -1.52. The monoisotopic (exact) mass is 236 g/mol. The molecule has 1 unspecified atom stereocenters. The molecule has 0 radical (unpaired) electrons. The molecule has 4 nitrogen and oxygen atoms in total. The van der Waals surface area contributed by atoms with Gasteiger partial charge in [0.2, 0.25) is 0 Å². The van der Waals surface area contributed by atoms with Gasteiger partial charge in [0.25, 0.3) is 0 Å². The lowest BCUT2D eigenvalue weighted by atomic mass is 10.00. The SMILES string of the molecule is C=CCc1cc(OC)c2c(c1OC)C(O)OC2. The Morgan fingerprint density at radius 1 is 1.53 bits per heavy atom. The highest BCUT2D eigenvalue weighted by molar-refractivity contribution is 5.56. The number of ether oxygens (including phenoxy) is 3. The minimum atomic E-state index is -0.946. The van der Waals surface area contributed by atoms with E-state index in [1.165, 1.54) is 0 Å². The van der Waals surface area contributed by atoms with Gasteiger partial charge >= 0.3 is 0 Å². The van der Waals surface area contributed by atoms with Crippen LogP contribution in [-0.4, -0.2) is 19.3 Å². The molecule has 1 aromatic rings. The topological polar surface area (TPSA) is 47.9 Å². The van der Waals surface area contributed by atoms with Gasteiger partial charge in [-0.3, -0.25) is 0 Å². The smallest absolute Gasteiger partial charge is 0.185 e. The summed E-state index contributed by atoms with van der Waals surface area (Å²) >= 11 is 0. The molecule has 2 rings (SSSR count). The van der Waals surface area contributed by atoms with Crippen LogP contribution in [0.1, 0.15) is 23.0 Å². The second kappa shape index (κ2) is 4.77. The van der Waals surface area contributed by atoms with Gasteiger partial charge in [-0.05, 0) is 12.5 Å². The van der Waals surface area contributed by atoms with Gasteiger partial charge in [-0.15, -0.1) is 6.58 Å². The molecule has 1 N–H and O–H groups in total. The maximum absolute atomic E-state index is 9.82. The molecule has 4 heteroatoms. The first-order chi connectivity index (χ1) is 8.22. The zero-order valence-corrected chi connectivity index (χ0v) is 10.0. The maximum atomic E-state index is 9.82. The average Bonchev–Trinajstić information content (AvgIpc) is 2.71. The maximum Gasteiger partial charge on any atom is 0.185 e. The third kappa shape index (κ3) is 1.90. The Morgan fingerprint density at radius 3 is 2.88 bits per heavy atom. The van der Waals surface area contributed by atoms with Gasteiger partial charge in [-0.25, -0.2) is 0 Å². The fraction of sp³-hybridized carbons (Fsp3) is 0.385. The first-order valence-corrected chi connectivity index (χ1v) is 5.40. The number of aliphatic hydroxyl groups excluding tert-OH is 1. The Labute approximate surface area is 100 Å². The Kier molecular flexibility index (Phi) is 3.36. The van der Waals surface area contributed by atoms with Crippen LogP contribution in [0.3, 0.4) is 0 Å². The second-order valence-corrected chi connectivity index (χ2v) is 3.82.